The molecule has 0 heterocycles. The predicted octanol–water partition coefficient (Wildman–Crippen LogP) is 13.0. The maximum absolute atomic E-state index is 9.59. The Morgan fingerprint density at radius 2 is 1.00 bits per heavy atom. The molecule has 0 radical (unpaired) electrons. The molecule has 0 spiro atoms. The zero-order valence-corrected chi connectivity index (χ0v) is 26.4. The third-order valence-electron chi connectivity index (χ3n) is 10.6. The Morgan fingerprint density at radius 3 is 1.77 bits per heavy atom. The second kappa shape index (κ2) is 10.3. The molecular formula is C48H32. The first kappa shape index (κ1) is 23.4. The van der Waals surface area contributed by atoms with Crippen LogP contribution in [0.4, 0.5) is 0 Å². The molecule has 0 nitrogen and oxygen atoms in total. The second-order valence-corrected chi connectivity index (χ2v) is 13.1. The topological polar surface area (TPSA) is 0 Å². The smallest absolute Gasteiger partial charge is 0.0622 e. The van der Waals surface area contributed by atoms with Crippen molar-refractivity contribution in [2.24, 2.45) is 0 Å². The summed E-state index contributed by atoms with van der Waals surface area (Å²) in [5, 5.41) is 8.29. The Morgan fingerprint density at radius 1 is 0.417 bits per heavy atom. The summed E-state index contributed by atoms with van der Waals surface area (Å²) in [7, 11) is 0. The molecule has 10 rings (SSSR count). The van der Waals surface area contributed by atoms with E-state index in [4.69, 9.17) is 0 Å². The van der Waals surface area contributed by atoms with Crippen molar-refractivity contribution in [3.63, 3.8) is 0 Å². The monoisotopic (exact) mass is 612 g/mol. The van der Waals surface area contributed by atoms with E-state index in [1.165, 1.54) is 21.9 Å². The average Bonchev–Trinajstić information content (AvgIpc) is 3.45. The Bertz CT molecular complexity index is 2930. The van der Waals surface area contributed by atoms with Crippen molar-refractivity contribution in [2.45, 2.75) is 12.3 Å². The normalized spacial score (nSPS) is 16.4. The fraction of sp³-hybridized carbons (Fsp3) is 0.0417. The summed E-state index contributed by atoms with van der Waals surface area (Å²) in [6.07, 6.45) is 0. The van der Waals surface area contributed by atoms with Gasteiger partial charge in [-0.3, -0.25) is 0 Å². The minimum atomic E-state index is -0.493. The Kier molecular flexibility index (Phi) is 4.99. The number of hydrogen-bond acceptors (Lipinski definition) is 0. The zero-order valence-electron chi connectivity index (χ0n) is 30.4. The summed E-state index contributed by atoms with van der Waals surface area (Å²) in [6.45, 7) is 2.26. The Labute approximate surface area is 286 Å². The summed E-state index contributed by atoms with van der Waals surface area (Å²) in [5.74, 6) is 0. The molecule has 1 aliphatic carbocycles. The molecule has 1 atom stereocenters. The van der Waals surface area contributed by atoms with Crippen LogP contribution in [0.1, 0.15) is 29.1 Å². The molecule has 9 aromatic carbocycles. The van der Waals surface area contributed by atoms with Gasteiger partial charge in [-0.2, -0.15) is 0 Å². The third kappa shape index (κ3) is 3.84. The van der Waals surface area contributed by atoms with Crippen LogP contribution in [0.3, 0.4) is 0 Å². The largest absolute Gasteiger partial charge is 0.0629 e. The lowest BCUT2D eigenvalue weighted by molar-refractivity contribution is 0.714. The first-order valence-corrected chi connectivity index (χ1v) is 16.5. The van der Waals surface area contributed by atoms with E-state index in [0.717, 1.165) is 54.6 Å². The molecular weight excluding hydrogens is 577 g/mol. The van der Waals surface area contributed by atoms with Crippen molar-refractivity contribution in [3.8, 4) is 33.4 Å². The van der Waals surface area contributed by atoms with Crippen LogP contribution in [0, 0.1) is 0 Å². The minimum absolute atomic E-state index is 0.0396. The van der Waals surface area contributed by atoms with Gasteiger partial charge in [-0.15, -0.1) is 0 Å². The molecule has 48 heavy (non-hydrogen) atoms. The van der Waals surface area contributed by atoms with Crippen LogP contribution in [0.15, 0.2) is 176 Å². The van der Waals surface area contributed by atoms with Crippen LogP contribution in [0.5, 0.6) is 0 Å². The molecule has 9 aromatic rings. The van der Waals surface area contributed by atoms with Crippen molar-refractivity contribution in [3.05, 3.63) is 193 Å². The van der Waals surface area contributed by atoms with E-state index < -0.39 is 5.41 Å². The van der Waals surface area contributed by atoms with E-state index in [9.17, 15) is 5.48 Å². The van der Waals surface area contributed by atoms with Crippen molar-refractivity contribution < 1.29 is 5.48 Å². The quantitative estimate of drug-likeness (QED) is 0.138. The highest BCUT2D eigenvalue weighted by Crippen LogP contribution is 2.55. The van der Waals surface area contributed by atoms with E-state index in [1.54, 1.807) is 0 Å². The maximum Gasteiger partial charge on any atom is 0.0629 e. The highest BCUT2D eigenvalue weighted by atomic mass is 14.4. The van der Waals surface area contributed by atoms with Crippen LogP contribution >= 0.6 is 0 Å². The summed E-state index contributed by atoms with van der Waals surface area (Å²) >= 11 is 0. The van der Waals surface area contributed by atoms with Gasteiger partial charge < -0.3 is 0 Å². The van der Waals surface area contributed by atoms with Crippen LogP contribution in [0.2, 0.25) is 0 Å². The molecule has 0 aliphatic heterocycles. The van der Waals surface area contributed by atoms with E-state index in [1.807, 2.05) is 48.5 Å². The van der Waals surface area contributed by atoms with E-state index in [-0.39, 0.29) is 24.2 Å². The first-order chi connectivity index (χ1) is 25.4. The molecule has 0 aromatic heterocycles. The van der Waals surface area contributed by atoms with Gasteiger partial charge in [-0.05, 0) is 112 Å². The molecule has 0 fully saturated rings. The first-order valence-electron chi connectivity index (χ1n) is 18.5. The van der Waals surface area contributed by atoms with Gasteiger partial charge >= 0.3 is 0 Å². The van der Waals surface area contributed by atoms with Gasteiger partial charge in [-0.25, -0.2) is 0 Å². The molecule has 0 heteroatoms. The standard InChI is InChI=1S/C48H32/c1-48(38-14-3-2-4-15-38)43-28-26-33-12-6-9-17-40(33)47(43)42-27-25-35(30-44(42)48)31-19-22-34(23-20-31)45-41-18-10-7-13-36(41)29-37-24-21-32-11-5-8-16-39(32)46(37)45/h2-30H,1H3/i19D,20D,22D,23D. The van der Waals surface area contributed by atoms with E-state index in [0.29, 0.717) is 16.7 Å². The number of rotatable bonds is 3. The van der Waals surface area contributed by atoms with Crippen molar-refractivity contribution in [1.82, 2.24) is 0 Å². The van der Waals surface area contributed by atoms with Crippen molar-refractivity contribution >= 4 is 43.1 Å². The zero-order chi connectivity index (χ0) is 35.3. The Balaban J connectivity index is 1.25. The van der Waals surface area contributed by atoms with Crippen LogP contribution in [0.25, 0.3) is 76.5 Å². The minimum Gasteiger partial charge on any atom is -0.0622 e. The van der Waals surface area contributed by atoms with Gasteiger partial charge in [0.1, 0.15) is 0 Å². The predicted molar refractivity (Wildman–Crippen MR) is 205 cm³/mol. The fourth-order valence-electron chi connectivity index (χ4n) is 8.22. The highest BCUT2D eigenvalue weighted by Gasteiger charge is 2.41. The average molecular weight is 613 g/mol. The molecule has 0 bridgehead atoms. The summed E-state index contributed by atoms with van der Waals surface area (Å²) < 4.78 is 38.3. The molecule has 0 N–H and O–H groups in total. The second-order valence-electron chi connectivity index (χ2n) is 13.1. The maximum atomic E-state index is 9.59. The van der Waals surface area contributed by atoms with Gasteiger partial charge in [0.25, 0.3) is 0 Å². The van der Waals surface area contributed by atoms with E-state index >= 15 is 0 Å². The van der Waals surface area contributed by atoms with E-state index in [2.05, 4.69) is 110 Å². The summed E-state index contributed by atoms with van der Waals surface area (Å²) in [4.78, 5) is 0. The van der Waals surface area contributed by atoms with Gasteiger partial charge in [0.05, 0.1) is 5.48 Å². The lowest BCUT2D eigenvalue weighted by Gasteiger charge is -2.28. The third-order valence-corrected chi connectivity index (χ3v) is 10.6. The number of benzene rings is 9. The van der Waals surface area contributed by atoms with Crippen LogP contribution in [-0.4, -0.2) is 0 Å². The molecule has 0 saturated carbocycles. The number of hydrogen-bond donors (Lipinski definition) is 0. The van der Waals surface area contributed by atoms with Crippen molar-refractivity contribution in [2.75, 3.05) is 0 Å². The highest BCUT2D eigenvalue weighted by molar-refractivity contribution is 6.22. The molecule has 224 valence electrons. The molecule has 0 amide bonds. The van der Waals surface area contributed by atoms with Gasteiger partial charge in [-0.1, -0.05) is 164 Å². The Hall–Kier alpha value is -5.98. The number of fused-ring (bicyclic) bond motifs is 9. The molecule has 1 unspecified atom stereocenters. The molecule has 0 saturated heterocycles. The summed E-state index contributed by atoms with van der Waals surface area (Å²) in [5.41, 5.74) is 7.36. The van der Waals surface area contributed by atoms with Crippen LogP contribution < -0.4 is 0 Å². The lowest BCUT2D eigenvalue weighted by atomic mass is 9.73. The lowest BCUT2D eigenvalue weighted by Crippen LogP contribution is -2.22. The van der Waals surface area contributed by atoms with Gasteiger partial charge in [0.2, 0.25) is 0 Å². The van der Waals surface area contributed by atoms with Gasteiger partial charge in [0.15, 0.2) is 0 Å². The molecule has 1 aliphatic rings. The van der Waals surface area contributed by atoms with Crippen LogP contribution in [-0.2, 0) is 5.41 Å². The van der Waals surface area contributed by atoms with Gasteiger partial charge in [0, 0.05) is 5.41 Å². The fourth-order valence-corrected chi connectivity index (χ4v) is 8.22. The summed E-state index contributed by atoms with van der Waals surface area (Å²) in [6, 6.07) is 52.1. The SMILES string of the molecule is [2H]c1c([2H])c(-c2c3ccccc3cc3ccc4ccccc4c23)c([2H])c([2H])c1-c1ccc2c(c1)C(C)(c1ccccc1)c1ccc3ccccc3c1-2. The van der Waals surface area contributed by atoms with Crippen molar-refractivity contribution in [1.29, 1.82) is 0 Å².